The smallest absolute Gasteiger partial charge is 0.462 e. The average Bonchev–Trinajstić information content (AvgIpc) is 3.11. The third kappa shape index (κ3) is 38.0. The van der Waals surface area contributed by atoms with Crippen LogP contribution in [0, 0.1) is 0 Å². The second kappa shape index (κ2) is 38.2. The second-order valence-electron chi connectivity index (χ2n) is 13.8. The van der Waals surface area contributed by atoms with Crippen molar-refractivity contribution < 1.29 is 37.6 Å². The number of esters is 2. The van der Waals surface area contributed by atoms with Crippen molar-refractivity contribution in [2.24, 2.45) is 5.73 Å². The van der Waals surface area contributed by atoms with E-state index in [1.807, 2.05) is 12.2 Å². The molecule has 0 fully saturated rings. The average molecular weight is 744 g/mol. The quantitative estimate of drug-likeness (QED) is 0.0273. The molecule has 2 atom stereocenters. The third-order valence-electron chi connectivity index (χ3n) is 8.84. The fourth-order valence-corrected chi connectivity index (χ4v) is 6.49. The number of carbonyl (C=O) groups excluding carboxylic acids is 2. The van der Waals surface area contributed by atoms with Gasteiger partial charge < -0.3 is 20.1 Å². The number of carbonyl (C=O) groups is 2. The van der Waals surface area contributed by atoms with Crippen LogP contribution >= 0.6 is 7.82 Å². The summed E-state index contributed by atoms with van der Waals surface area (Å²) in [7, 11) is -4.39. The Morgan fingerprint density at radius 3 is 1.39 bits per heavy atom. The Morgan fingerprint density at radius 1 is 0.569 bits per heavy atom. The minimum Gasteiger partial charge on any atom is -0.462 e. The Bertz CT molecular complexity index is 897. The maximum Gasteiger partial charge on any atom is 0.472 e. The van der Waals surface area contributed by atoms with Crippen LogP contribution in [-0.4, -0.2) is 49.3 Å². The molecule has 0 spiro atoms. The molecule has 0 bridgehead atoms. The summed E-state index contributed by atoms with van der Waals surface area (Å²) in [5.41, 5.74) is 5.33. The highest BCUT2D eigenvalue weighted by Crippen LogP contribution is 2.43. The van der Waals surface area contributed by atoms with Crippen molar-refractivity contribution in [2.45, 2.75) is 200 Å². The molecule has 0 aromatic carbocycles. The number of nitrogens with two attached hydrogens (primary N) is 1. The van der Waals surface area contributed by atoms with Gasteiger partial charge in [0.25, 0.3) is 0 Å². The minimum absolute atomic E-state index is 0.0461. The first-order chi connectivity index (χ1) is 24.8. The van der Waals surface area contributed by atoms with Gasteiger partial charge in [0, 0.05) is 19.4 Å². The molecule has 0 saturated heterocycles. The van der Waals surface area contributed by atoms with Crippen molar-refractivity contribution >= 4 is 19.8 Å². The summed E-state index contributed by atoms with van der Waals surface area (Å²) >= 11 is 0. The van der Waals surface area contributed by atoms with E-state index in [0.29, 0.717) is 12.8 Å². The molecule has 0 aliphatic carbocycles. The van der Waals surface area contributed by atoms with Crippen LogP contribution < -0.4 is 5.73 Å². The molecule has 0 saturated carbocycles. The molecule has 0 aliphatic rings. The predicted octanol–water partition coefficient (Wildman–Crippen LogP) is 11.6. The van der Waals surface area contributed by atoms with E-state index >= 15 is 0 Å². The molecule has 0 amide bonds. The molecule has 9 nitrogen and oxygen atoms in total. The molecule has 10 heteroatoms. The van der Waals surface area contributed by atoms with E-state index in [9.17, 15) is 19.0 Å². The Morgan fingerprint density at radius 2 is 0.961 bits per heavy atom. The van der Waals surface area contributed by atoms with Gasteiger partial charge in [-0.05, 0) is 38.5 Å². The van der Waals surface area contributed by atoms with E-state index in [2.05, 4.69) is 26.0 Å². The highest BCUT2D eigenvalue weighted by Gasteiger charge is 2.25. The number of hydrogen-bond donors (Lipinski definition) is 2. The van der Waals surface area contributed by atoms with Crippen molar-refractivity contribution in [1.82, 2.24) is 0 Å². The van der Waals surface area contributed by atoms with Crippen molar-refractivity contribution in [3.05, 3.63) is 24.3 Å². The number of rotatable bonds is 39. The van der Waals surface area contributed by atoms with Crippen LogP contribution in [0.4, 0.5) is 0 Å². The topological polar surface area (TPSA) is 134 Å². The molecule has 51 heavy (non-hydrogen) atoms. The van der Waals surface area contributed by atoms with Gasteiger partial charge in [0.05, 0.1) is 13.2 Å². The van der Waals surface area contributed by atoms with Crippen LogP contribution in [0.3, 0.4) is 0 Å². The van der Waals surface area contributed by atoms with Crippen LogP contribution in [0.2, 0.25) is 0 Å². The van der Waals surface area contributed by atoms with Gasteiger partial charge in [0.2, 0.25) is 0 Å². The first kappa shape index (κ1) is 49.5. The van der Waals surface area contributed by atoms with E-state index < -0.39 is 32.5 Å². The lowest BCUT2D eigenvalue weighted by Crippen LogP contribution is -2.29. The maximum absolute atomic E-state index is 12.5. The van der Waals surface area contributed by atoms with Crippen LogP contribution in [0.25, 0.3) is 0 Å². The number of hydrogen-bond acceptors (Lipinski definition) is 8. The van der Waals surface area contributed by atoms with Crippen LogP contribution in [0.5, 0.6) is 0 Å². The van der Waals surface area contributed by atoms with Crippen LogP contribution in [0.15, 0.2) is 24.3 Å². The number of phosphoric ester groups is 1. The summed E-state index contributed by atoms with van der Waals surface area (Å²) in [6, 6.07) is 0. The lowest BCUT2D eigenvalue weighted by Gasteiger charge is -2.19. The SMILES string of the molecule is CCCCCCCCCCCCCC=CCCC(=O)OCC(COP(=O)(O)OCCN)OC(=O)CCC=CCCCCCCCCCCCCC. The van der Waals surface area contributed by atoms with Gasteiger partial charge >= 0.3 is 19.8 Å². The molecule has 0 aromatic rings. The number of unbranched alkanes of at least 4 members (excludes halogenated alkanes) is 22. The molecule has 0 aliphatic heterocycles. The van der Waals surface area contributed by atoms with Gasteiger partial charge in [-0.2, -0.15) is 0 Å². The Hall–Kier alpha value is -1.51. The fraction of sp³-hybridized carbons (Fsp3) is 0.854. The molecule has 0 radical (unpaired) electrons. The molecular weight excluding hydrogens is 665 g/mol. The Kier molecular flexibility index (Phi) is 37.1. The van der Waals surface area contributed by atoms with Gasteiger partial charge in [0.15, 0.2) is 6.10 Å². The standard InChI is InChI=1S/C41H78NO8P/c1-3-5-7-9-11-13-15-17-19-21-23-25-27-29-31-33-40(43)47-37-39(38-49-51(45,46)48-36-35-42)50-41(44)34-32-30-28-26-24-22-20-18-16-14-12-10-8-6-4-2/h27-30,39H,3-26,31-38,42H2,1-2H3,(H,45,46). The molecule has 0 heterocycles. The number of allylic oxidation sites excluding steroid dienone is 4. The Labute approximate surface area is 312 Å². The monoisotopic (exact) mass is 744 g/mol. The van der Waals surface area contributed by atoms with Crippen molar-refractivity contribution in [1.29, 1.82) is 0 Å². The van der Waals surface area contributed by atoms with Crippen LogP contribution in [-0.2, 0) is 32.7 Å². The highest BCUT2D eigenvalue weighted by molar-refractivity contribution is 7.47. The van der Waals surface area contributed by atoms with Gasteiger partial charge in [-0.3, -0.25) is 18.6 Å². The third-order valence-corrected chi connectivity index (χ3v) is 9.82. The molecule has 2 unspecified atom stereocenters. The van der Waals surface area contributed by atoms with Gasteiger partial charge in [-0.15, -0.1) is 0 Å². The minimum atomic E-state index is -4.39. The lowest BCUT2D eigenvalue weighted by molar-refractivity contribution is -0.161. The summed E-state index contributed by atoms with van der Waals surface area (Å²) in [4.78, 5) is 34.7. The number of phosphoric acid groups is 1. The van der Waals surface area contributed by atoms with E-state index in [-0.39, 0.29) is 32.6 Å². The molecule has 0 aromatic heterocycles. The summed E-state index contributed by atoms with van der Waals surface area (Å²) in [6.45, 7) is 3.66. The van der Waals surface area contributed by atoms with E-state index in [1.165, 1.54) is 128 Å². The largest absolute Gasteiger partial charge is 0.472 e. The lowest BCUT2D eigenvalue weighted by atomic mass is 10.1. The van der Waals surface area contributed by atoms with Crippen molar-refractivity contribution in [3.63, 3.8) is 0 Å². The summed E-state index contributed by atoms with van der Waals surface area (Å²) in [5, 5.41) is 0. The second-order valence-corrected chi connectivity index (χ2v) is 15.3. The zero-order valence-electron chi connectivity index (χ0n) is 32.8. The van der Waals surface area contributed by atoms with Gasteiger partial charge in [-0.1, -0.05) is 167 Å². The van der Waals surface area contributed by atoms with Crippen LogP contribution in [0.1, 0.15) is 194 Å². The normalized spacial score (nSPS) is 13.6. The predicted molar refractivity (Wildman–Crippen MR) is 211 cm³/mol. The summed E-state index contributed by atoms with van der Waals surface area (Å²) in [6.07, 6.45) is 39.5. The highest BCUT2D eigenvalue weighted by atomic mass is 31.2. The fourth-order valence-electron chi connectivity index (χ4n) is 5.73. The molecular formula is C41H78NO8P. The van der Waals surface area contributed by atoms with E-state index in [0.717, 1.165) is 25.7 Å². The summed E-state index contributed by atoms with van der Waals surface area (Å²) in [5.74, 6) is -0.938. The van der Waals surface area contributed by atoms with Gasteiger partial charge in [0.1, 0.15) is 6.61 Å². The first-order valence-corrected chi connectivity index (χ1v) is 22.3. The zero-order chi connectivity index (χ0) is 37.5. The molecule has 3 N–H and O–H groups in total. The first-order valence-electron chi connectivity index (χ1n) is 20.8. The van der Waals surface area contributed by atoms with Crippen molar-refractivity contribution in [2.75, 3.05) is 26.4 Å². The van der Waals surface area contributed by atoms with Crippen molar-refractivity contribution in [3.8, 4) is 0 Å². The molecule has 300 valence electrons. The number of ether oxygens (including phenoxy) is 2. The summed E-state index contributed by atoms with van der Waals surface area (Å²) < 4.78 is 32.6. The van der Waals surface area contributed by atoms with E-state index in [1.54, 1.807) is 0 Å². The zero-order valence-corrected chi connectivity index (χ0v) is 33.7. The maximum atomic E-state index is 12.5. The van der Waals surface area contributed by atoms with E-state index in [4.69, 9.17) is 24.3 Å². The van der Waals surface area contributed by atoms with Gasteiger partial charge in [-0.25, -0.2) is 4.57 Å². The molecule has 0 rings (SSSR count). The Balaban J connectivity index is 4.24.